The molecule has 24 heavy (non-hydrogen) atoms. The van der Waals surface area contributed by atoms with Crippen molar-refractivity contribution < 1.29 is 24.2 Å². The summed E-state index contributed by atoms with van der Waals surface area (Å²) in [5.74, 6) is -0.566. The molecule has 0 aliphatic carbocycles. The molecule has 1 fully saturated rings. The van der Waals surface area contributed by atoms with Crippen molar-refractivity contribution in [3.05, 3.63) is 29.8 Å². The summed E-state index contributed by atoms with van der Waals surface area (Å²) in [7, 11) is 0. The molecular formula is C18H25NO5. The van der Waals surface area contributed by atoms with E-state index in [9.17, 15) is 14.7 Å². The largest absolute Gasteiger partial charge is 0.481 e. The number of carbonyl (C=O) groups excluding carboxylic acids is 1. The Morgan fingerprint density at radius 2 is 2.08 bits per heavy atom. The zero-order chi connectivity index (χ0) is 17.6. The Bertz CT molecular complexity index is 581. The van der Waals surface area contributed by atoms with Gasteiger partial charge in [0.25, 0.3) is 5.91 Å². The number of amides is 1. The van der Waals surface area contributed by atoms with Crippen molar-refractivity contribution in [1.29, 1.82) is 0 Å². The number of aliphatic carboxylic acids is 1. The van der Waals surface area contributed by atoms with Gasteiger partial charge in [0.15, 0.2) is 6.10 Å². The molecular weight excluding hydrogens is 310 g/mol. The van der Waals surface area contributed by atoms with Gasteiger partial charge < -0.3 is 19.9 Å². The maximum absolute atomic E-state index is 12.6. The number of hydrogen-bond acceptors (Lipinski definition) is 4. The van der Waals surface area contributed by atoms with Crippen LogP contribution in [0, 0.1) is 6.92 Å². The Hall–Kier alpha value is -2.08. The Labute approximate surface area is 142 Å². The minimum absolute atomic E-state index is 0.108. The molecule has 6 heteroatoms. The number of ether oxygens (including phenoxy) is 2. The number of benzene rings is 1. The first-order valence-electron chi connectivity index (χ1n) is 8.29. The van der Waals surface area contributed by atoms with Crippen molar-refractivity contribution in [1.82, 2.24) is 5.32 Å². The summed E-state index contributed by atoms with van der Waals surface area (Å²) in [6, 6.07) is 7.51. The number of nitrogens with one attached hydrogen (secondary N) is 1. The Morgan fingerprint density at radius 3 is 2.67 bits per heavy atom. The van der Waals surface area contributed by atoms with Crippen molar-refractivity contribution in [2.45, 2.75) is 51.2 Å². The molecule has 1 aromatic carbocycles. The standard InChI is InChI=1S/C18H25NO5/c1-3-15(24-14-6-4-5-13(2)11-14)17(22)19-18(12-16(20)21)7-9-23-10-8-18/h4-6,11,15H,3,7-10,12H2,1-2H3,(H,19,22)(H,20,21). The molecule has 0 bridgehead atoms. The summed E-state index contributed by atoms with van der Waals surface area (Å²) in [6.45, 7) is 4.72. The SMILES string of the molecule is CCC(Oc1cccc(C)c1)C(=O)NC1(CC(=O)O)CCOCC1. The molecule has 0 spiro atoms. The van der Waals surface area contributed by atoms with Gasteiger partial charge in [-0.25, -0.2) is 0 Å². The third-order valence-corrected chi connectivity index (χ3v) is 4.26. The van der Waals surface area contributed by atoms with E-state index in [1.807, 2.05) is 38.1 Å². The van der Waals surface area contributed by atoms with Gasteiger partial charge in [0.1, 0.15) is 5.75 Å². The molecule has 1 heterocycles. The van der Waals surface area contributed by atoms with E-state index < -0.39 is 17.6 Å². The maximum Gasteiger partial charge on any atom is 0.305 e. The van der Waals surface area contributed by atoms with Crippen LogP contribution in [-0.4, -0.2) is 41.8 Å². The smallest absolute Gasteiger partial charge is 0.305 e. The van der Waals surface area contributed by atoms with E-state index in [0.29, 0.717) is 38.2 Å². The lowest BCUT2D eigenvalue weighted by molar-refractivity contribution is -0.141. The Kier molecular flexibility index (Phi) is 6.20. The normalized spacial score (nSPS) is 17.8. The number of carboxylic acid groups (broad SMARTS) is 1. The molecule has 0 radical (unpaired) electrons. The van der Waals surface area contributed by atoms with Crippen molar-refractivity contribution in [2.75, 3.05) is 13.2 Å². The third-order valence-electron chi connectivity index (χ3n) is 4.26. The zero-order valence-corrected chi connectivity index (χ0v) is 14.2. The fourth-order valence-electron chi connectivity index (χ4n) is 2.91. The summed E-state index contributed by atoms with van der Waals surface area (Å²) in [5.41, 5.74) is 0.291. The van der Waals surface area contributed by atoms with Crippen molar-refractivity contribution in [3.8, 4) is 5.75 Å². The van der Waals surface area contributed by atoms with Crippen LogP contribution in [0.2, 0.25) is 0 Å². The molecule has 0 saturated carbocycles. The first-order chi connectivity index (χ1) is 11.4. The van der Waals surface area contributed by atoms with Gasteiger partial charge >= 0.3 is 5.97 Å². The number of carbonyl (C=O) groups is 2. The van der Waals surface area contributed by atoms with E-state index in [0.717, 1.165) is 5.56 Å². The monoisotopic (exact) mass is 335 g/mol. The summed E-state index contributed by atoms with van der Waals surface area (Å²) in [5, 5.41) is 12.1. The van der Waals surface area contributed by atoms with Crippen molar-refractivity contribution >= 4 is 11.9 Å². The van der Waals surface area contributed by atoms with Crippen LogP contribution in [0.3, 0.4) is 0 Å². The number of carboxylic acids is 1. The van der Waals surface area contributed by atoms with Crippen LogP contribution in [-0.2, 0) is 14.3 Å². The summed E-state index contributed by atoms with van der Waals surface area (Å²) in [6.07, 6.45) is 0.723. The summed E-state index contributed by atoms with van der Waals surface area (Å²) in [4.78, 5) is 23.8. The second kappa shape index (κ2) is 8.15. The van der Waals surface area contributed by atoms with Crippen LogP contribution in [0.5, 0.6) is 5.75 Å². The van der Waals surface area contributed by atoms with Crippen molar-refractivity contribution in [3.63, 3.8) is 0 Å². The van der Waals surface area contributed by atoms with Crippen LogP contribution >= 0.6 is 0 Å². The van der Waals surface area contributed by atoms with Crippen LogP contribution in [0.4, 0.5) is 0 Å². The zero-order valence-electron chi connectivity index (χ0n) is 14.2. The van der Waals surface area contributed by atoms with Crippen molar-refractivity contribution in [2.24, 2.45) is 0 Å². The number of hydrogen-bond donors (Lipinski definition) is 2. The number of aryl methyl sites for hydroxylation is 1. The van der Waals surface area contributed by atoms with Crippen LogP contribution in [0.1, 0.15) is 38.2 Å². The van der Waals surface area contributed by atoms with E-state index >= 15 is 0 Å². The Balaban J connectivity index is 2.07. The first kappa shape index (κ1) is 18.3. The quantitative estimate of drug-likeness (QED) is 0.798. The van der Waals surface area contributed by atoms with Gasteiger partial charge in [0.2, 0.25) is 0 Å². The van der Waals surface area contributed by atoms with E-state index in [1.54, 1.807) is 0 Å². The average Bonchev–Trinajstić information content (AvgIpc) is 2.52. The fraction of sp³-hybridized carbons (Fsp3) is 0.556. The molecule has 0 aromatic heterocycles. The number of rotatable bonds is 7. The molecule has 1 amide bonds. The highest BCUT2D eigenvalue weighted by Gasteiger charge is 2.38. The second-order valence-corrected chi connectivity index (χ2v) is 6.28. The molecule has 1 saturated heterocycles. The Morgan fingerprint density at radius 1 is 1.38 bits per heavy atom. The molecule has 132 valence electrons. The van der Waals surface area contributed by atoms with Gasteiger partial charge in [-0.3, -0.25) is 9.59 Å². The highest BCUT2D eigenvalue weighted by atomic mass is 16.5. The average molecular weight is 335 g/mol. The minimum Gasteiger partial charge on any atom is -0.481 e. The van der Waals surface area contributed by atoms with E-state index in [4.69, 9.17) is 9.47 Å². The molecule has 1 aromatic rings. The first-order valence-corrected chi connectivity index (χ1v) is 8.29. The lowest BCUT2D eigenvalue weighted by atomic mass is 9.86. The second-order valence-electron chi connectivity index (χ2n) is 6.28. The summed E-state index contributed by atoms with van der Waals surface area (Å²) >= 11 is 0. The lowest BCUT2D eigenvalue weighted by Gasteiger charge is -2.37. The molecule has 2 N–H and O–H groups in total. The van der Waals surface area contributed by atoms with Gasteiger partial charge in [0.05, 0.1) is 12.0 Å². The maximum atomic E-state index is 12.6. The van der Waals surface area contributed by atoms with Crippen LogP contribution in [0.25, 0.3) is 0 Å². The predicted octanol–water partition coefficient (Wildman–Crippen LogP) is 2.29. The highest BCUT2D eigenvalue weighted by molar-refractivity contribution is 5.82. The molecule has 6 nitrogen and oxygen atoms in total. The highest BCUT2D eigenvalue weighted by Crippen LogP contribution is 2.25. The van der Waals surface area contributed by atoms with Gasteiger partial charge in [0, 0.05) is 13.2 Å². The van der Waals surface area contributed by atoms with Crippen LogP contribution in [0.15, 0.2) is 24.3 Å². The van der Waals surface area contributed by atoms with E-state index in [2.05, 4.69) is 5.32 Å². The van der Waals surface area contributed by atoms with Gasteiger partial charge in [-0.2, -0.15) is 0 Å². The molecule has 1 aliphatic rings. The molecule has 1 unspecified atom stereocenters. The molecule has 2 rings (SSSR count). The summed E-state index contributed by atoms with van der Waals surface area (Å²) < 4.78 is 11.1. The van der Waals surface area contributed by atoms with Crippen LogP contribution < -0.4 is 10.1 Å². The van der Waals surface area contributed by atoms with E-state index in [-0.39, 0.29) is 12.3 Å². The van der Waals surface area contributed by atoms with Gasteiger partial charge in [-0.15, -0.1) is 0 Å². The molecule has 1 atom stereocenters. The van der Waals surface area contributed by atoms with Gasteiger partial charge in [-0.05, 0) is 43.9 Å². The minimum atomic E-state index is -0.926. The predicted molar refractivity (Wildman–Crippen MR) is 89.1 cm³/mol. The van der Waals surface area contributed by atoms with E-state index in [1.165, 1.54) is 0 Å². The fourth-order valence-corrected chi connectivity index (χ4v) is 2.91. The molecule has 1 aliphatic heterocycles. The third kappa shape index (κ3) is 4.96. The van der Waals surface area contributed by atoms with Gasteiger partial charge in [-0.1, -0.05) is 19.1 Å². The topological polar surface area (TPSA) is 84.9 Å². The lowest BCUT2D eigenvalue weighted by Crippen LogP contribution is -2.56.